The lowest BCUT2D eigenvalue weighted by atomic mass is 10.2. The summed E-state index contributed by atoms with van der Waals surface area (Å²) in [7, 11) is -2.16. The molecule has 0 radical (unpaired) electrons. The van der Waals surface area contributed by atoms with E-state index in [4.69, 9.17) is 9.47 Å². The third-order valence-electron chi connectivity index (χ3n) is 5.47. The highest BCUT2D eigenvalue weighted by molar-refractivity contribution is 7.95. The molecule has 4 rings (SSSR count). The van der Waals surface area contributed by atoms with E-state index in [-0.39, 0.29) is 17.0 Å². The highest BCUT2D eigenvalue weighted by atomic mass is 79.9. The van der Waals surface area contributed by atoms with Crippen LogP contribution in [0.3, 0.4) is 0 Å². The standard InChI is InChI=1S/C29H26O4P.BrH/c1-22(30)32-25-18-24(19-26(20-25)33-23(2)31)21-34(27-12-6-3-7-13-27,28-14-8-4-9-15-28)29-16-10-5-11-17-29;/h3-20H,21H2,1-2H3;1H/q+1;/p-1. The topological polar surface area (TPSA) is 52.6 Å². The Bertz CT molecular complexity index is 1150. The first-order valence-electron chi connectivity index (χ1n) is 11.0. The van der Waals surface area contributed by atoms with Gasteiger partial charge in [-0.3, -0.25) is 9.59 Å². The van der Waals surface area contributed by atoms with Crippen LogP contribution < -0.4 is 42.4 Å². The van der Waals surface area contributed by atoms with Crippen molar-refractivity contribution in [3.05, 3.63) is 115 Å². The van der Waals surface area contributed by atoms with Crippen LogP contribution in [0.25, 0.3) is 0 Å². The zero-order chi connectivity index (χ0) is 24.0. The molecule has 178 valence electrons. The lowest BCUT2D eigenvalue weighted by molar-refractivity contribution is -0.132. The number of esters is 2. The van der Waals surface area contributed by atoms with Gasteiger partial charge in [-0.2, -0.15) is 0 Å². The predicted molar refractivity (Wildman–Crippen MR) is 138 cm³/mol. The minimum Gasteiger partial charge on any atom is -1.00 e. The van der Waals surface area contributed by atoms with E-state index in [1.807, 2.05) is 30.3 Å². The van der Waals surface area contributed by atoms with Crippen molar-refractivity contribution in [1.82, 2.24) is 0 Å². The maximum Gasteiger partial charge on any atom is 0.308 e. The van der Waals surface area contributed by atoms with Gasteiger partial charge in [-0.15, -0.1) is 0 Å². The molecule has 0 atom stereocenters. The number of halogens is 1. The minimum absolute atomic E-state index is 0. The minimum atomic E-state index is -2.16. The second-order valence-corrected chi connectivity index (χ2v) is 11.5. The Morgan fingerprint density at radius 3 is 1.26 bits per heavy atom. The summed E-state index contributed by atoms with van der Waals surface area (Å²) in [6.45, 7) is 2.71. The largest absolute Gasteiger partial charge is 1.00 e. The van der Waals surface area contributed by atoms with Crippen LogP contribution in [0.15, 0.2) is 109 Å². The molecule has 0 amide bonds. The molecule has 6 heteroatoms. The van der Waals surface area contributed by atoms with Crippen LogP contribution in [0.2, 0.25) is 0 Å². The van der Waals surface area contributed by atoms with Gasteiger partial charge in [0, 0.05) is 19.9 Å². The fraction of sp³-hybridized carbons (Fsp3) is 0.103. The molecular formula is C29H26BrO4P. The first kappa shape index (κ1) is 26.3. The van der Waals surface area contributed by atoms with Gasteiger partial charge in [0.05, 0.1) is 6.16 Å². The van der Waals surface area contributed by atoms with E-state index >= 15 is 0 Å². The third kappa shape index (κ3) is 6.25. The number of carbonyl (C=O) groups excluding carboxylic acids is 2. The molecule has 0 spiro atoms. The molecule has 0 N–H and O–H groups in total. The van der Waals surface area contributed by atoms with Crippen molar-refractivity contribution in [2.24, 2.45) is 0 Å². The number of hydrogen-bond donors (Lipinski definition) is 0. The molecule has 0 saturated heterocycles. The molecule has 0 aliphatic rings. The first-order chi connectivity index (χ1) is 16.5. The molecule has 0 unspecified atom stereocenters. The zero-order valence-corrected chi connectivity index (χ0v) is 22.0. The highest BCUT2D eigenvalue weighted by Crippen LogP contribution is 2.58. The van der Waals surface area contributed by atoms with Crippen LogP contribution in [0.5, 0.6) is 11.5 Å². The summed E-state index contributed by atoms with van der Waals surface area (Å²) in [5.41, 5.74) is 0.917. The SMILES string of the molecule is CC(=O)Oc1cc(C[P+](c2ccccc2)(c2ccccc2)c2ccccc2)cc(OC(C)=O)c1.[Br-]. The van der Waals surface area contributed by atoms with Crippen LogP contribution in [0, 0.1) is 0 Å². The predicted octanol–water partition coefficient (Wildman–Crippen LogP) is 2.04. The van der Waals surface area contributed by atoms with E-state index in [9.17, 15) is 9.59 Å². The van der Waals surface area contributed by atoms with Crippen LogP contribution >= 0.6 is 7.26 Å². The van der Waals surface area contributed by atoms with E-state index in [0.717, 1.165) is 5.56 Å². The Labute approximate surface area is 217 Å². The number of hydrogen-bond acceptors (Lipinski definition) is 4. The van der Waals surface area contributed by atoms with E-state index in [1.165, 1.54) is 29.8 Å². The van der Waals surface area contributed by atoms with Crippen molar-refractivity contribution in [3.8, 4) is 11.5 Å². The van der Waals surface area contributed by atoms with Crippen molar-refractivity contribution >= 4 is 35.1 Å². The van der Waals surface area contributed by atoms with E-state index < -0.39 is 19.2 Å². The summed E-state index contributed by atoms with van der Waals surface area (Å²) in [5, 5.41) is 3.71. The van der Waals surface area contributed by atoms with Gasteiger partial charge in [-0.1, -0.05) is 54.6 Å². The molecule has 0 saturated carbocycles. The molecule has 0 bridgehead atoms. The number of rotatable bonds is 7. The van der Waals surface area contributed by atoms with E-state index in [0.29, 0.717) is 17.7 Å². The summed E-state index contributed by atoms with van der Waals surface area (Å²) >= 11 is 0. The van der Waals surface area contributed by atoms with Crippen LogP contribution in [0.1, 0.15) is 19.4 Å². The third-order valence-corrected chi connectivity index (χ3v) is 9.85. The maximum absolute atomic E-state index is 11.7. The van der Waals surface area contributed by atoms with Gasteiger partial charge in [0.25, 0.3) is 0 Å². The van der Waals surface area contributed by atoms with Gasteiger partial charge in [0.2, 0.25) is 0 Å². The molecule has 4 nitrogen and oxygen atoms in total. The molecular weight excluding hydrogens is 523 g/mol. The van der Waals surface area contributed by atoms with Crippen molar-refractivity contribution in [2.45, 2.75) is 20.0 Å². The molecule has 0 aliphatic heterocycles. The Balaban J connectivity index is 0.00000342. The monoisotopic (exact) mass is 548 g/mol. The molecule has 0 fully saturated rings. The van der Waals surface area contributed by atoms with Crippen molar-refractivity contribution in [3.63, 3.8) is 0 Å². The van der Waals surface area contributed by atoms with E-state index in [1.54, 1.807) is 6.07 Å². The molecule has 4 aromatic rings. The van der Waals surface area contributed by atoms with Crippen molar-refractivity contribution in [2.75, 3.05) is 0 Å². The Kier molecular flexibility index (Phi) is 8.97. The second kappa shape index (κ2) is 11.9. The summed E-state index contributed by atoms with van der Waals surface area (Å²) in [4.78, 5) is 23.4. The van der Waals surface area contributed by atoms with Crippen LogP contribution in [-0.2, 0) is 15.8 Å². The van der Waals surface area contributed by atoms with Gasteiger partial charge in [0.15, 0.2) is 0 Å². The maximum atomic E-state index is 11.7. The van der Waals surface area contributed by atoms with Gasteiger partial charge >= 0.3 is 11.9 Å². The number of ether oxygens (including phenoxy) is 2. The molecule has 0 aliphatic carbocycles. The Morgan fingerprint density at radius 2 is 0.943 bits per heavy atom. The van der Waals surface area contributed by atoms with Gasteiger partial charge in [-0.25, -0.2) is 0 Å². The first-order valence-corrected chi connectivity index (χ1v) is 13.0. The fourth-order valence-corrected chi connectivity index (χ4v) is 8.43. The van der Waals surface area contributed by atoms with E-state index in [2.05, 4.69) is 72.8 Å². The van der Waals surface area contributed by atoms with Crippen LogP contribution in [-0.4, -0.2) is 11.9 Å². The van der Waals surface area contributed by atoms with Crippen molar-refractivity contribution in [1.29, 1.82) is 0 Å². The molecule has 4 aromatic carbocycles. The summed E-state index contributed by atoms with van der Waals surface area (Å²) < 4.78 is 10.8. The smallest absolute Gasteiger partial charge is 0.308 e. The van der Waals surface area contributed by atoms with Gasteiger partial charge in [0.1, 0.15) is 34.7 Å². The second-order valence-electron chi connectivity index (χ2n) is 7.97. The Morgan fingerprint density at radius 1 is 0.600 bits per heavy atom. The van der Waals surface area contributed by atoms with Crippen molar-refractivity contribution < 1.29 is 36.0 Å². The number of benzene rings is 4. The summed E-state index contributed by atoms with van der Waals surface area (Å²) in [6.07, 6.45) is 0.661. The molecule has 35 heavy (non-hydrogen) atoms. The Hall–Kier alpha value is -3.27. The average molecular weight is 549 g/mol. The average Bonchev–Trinajstić information content (AvgIpc) is 2.83. The molecule has 0 heterocycles. The number of carbonyl (C=O) groups is 2. The quantitative estimate of drug-likeness (QED) is 0.201. The molecule has 0 aromatic heterocycles. The summed E-state index contributed by atoms with van der Waals surface area (Å²) in [5.74, 6) is -0.149. The lowest BCUT2D eigenvalue weighted by Gasteiger charge is -2.28. The van der Waals surface area contributed by atoms with Gasteiger partial charge in [-0.05, 0) is 54.1 Å². The fourth-order valence-electron chi connectivity index (χ4n) is 4.21. The normalized spacial score (nSPS) is 10.7. The zero-order valence-electron chi connectivity index (χ0n) is 19.6. The van der Waals surface area contributed by atoms with Crippen LogP contribution in [0.4, 0.5) is 0 Å². The summed E-state index contributed by atoms with van der Waals surface area (Å²) in [6, 6.07) is 36.8. The highest BCUT2D eigenvalue weighted by Gasteiger charge is 2.45. The van der Waals surface area contributed by atoms with Gasteiger partial charge < -0.3 is 26.5 Å². The lowest BCUT2D eigenvalue weighted by Crippen LogP contribution is -3.00.